The normalized spacial score (nSPS) is 44.9. The molecule has 126 valence electrons. The molecule has 2 unspecified atom stereocenters. The Kier molecular flexibility index (Phi) is 2.55. The van der Waals surface area contributed by atoms with Gasteiger partial charge < -0.3 is 9.84 Å². The van der Waals surface area contributed by atoms with E-state index in [-0.39, 0.29) is 17.6 Å². The van der Waals surface area contributed by atoms with Crippen LogP contribution in [0.1, 0.15) is 36.8 Å². The molecule has 0 aromatic heterocycles. The zero-order valence-electron chi connectivity index (χ0n) is 13.8. The number of piperidine rings is 1. The van der Waals surface area contributed by atoms with Gasteiger partial charge in [-0.3, -0.25) is 9.69 Å². The summed E-state index contributed by atoms with van der Waals surface area (Å²) in [6, 6.07) is 6.89. The molecule has 2 heterocycles. The topological polar surface area (TPSA) is 49.8 Å². The first kappa shape index (κ1) is 13.9. The van der Waals surface area contributed by atoms with E-state index in [2.05, 4.69) is 23.1 Å². The van der Waals surface area contributed by atoms with Gasteiger partial charge in [0.1, 0.15) is 5.75 Å². The SMILES string of the molecule is O=C1CC[C@H]2[C@H]3Cc4cccc5c4[C@@]2(CCN3CC2CC2O)[C@H]1O5. The van der Waals surface area contributed by atoms with Crippen molar-refractivity contribution in [2.45, 2.75) is 55.8 Å². The van der Waals surface area contributed by atoms with Crippen LogP contribution in [0.3, 0.4) is 0 Å². The minimum absolute atomic E-state index is 0.0666. The molecule has 6 rings (SSSR count). The van der Waals surface area contributed by atoms with Gasteiger partial charge in [0.25, 0.3) is 0 Å². The molecule has 2 aliphatic heterocycles. The van der Waals surface area contributed by atoms with Crippen LogP contribution in [0.15, 0.2) is 18.2 Å². The van der Waals surface area contributed by atoms with Gasteiger partial charge in [0.2, 0.25) is 0 Å². The summed E-state index contributed by atoms with van der Waals surface area (Å²) in [5.41, 5.74) is 2.70. The minimum Gasteiger partial charge on any atom is -0.481 e. The Labute approximate surface area is 141 Å². The summed E-state index contributed by atoms with van der Waals surface area (Å²) in [6.07, 6.45) is 4.39. The molecular formula is C20H23NO3. The first-order valence-corrected chi connectivity index (χ1v) is 9.42. The molecule has 0 amide bonds. The molecule has 6 atom stereocenters. The Morgan fingerprint density at radius 3 is 3.08 bits per heavy atom. The number of hydrogen-bond acceptors (Lipinski definition) is 4. The van der Waals surface area contributed by atoms with Crippen LogP contribution in [0.5, 0.6) is 5.75 Å². The summed E-state index contributed by atoms with van der Waals surface area (Å²) in [4.78, 5) is 15.3. The Morgan fingerprint density at radius 1 is 1.38 bits per heavy atom. The number of likely N-dealkylation sites (tertiary alicyclic amines) is 1. The molecule has 3 fully saturated rings. The second-order valence-corrected chi connectivity index (χ2v) is 8.52. The quantitative estimate of drug-likeness (QED) is 0.899. The molecule has 1 saturated heterocycles. The number of rotatable bonds is 2. The molecule has 2 saturated carbocycles. The monoisotopic (exact) mass is 325 g/mol. The van der Waals surface area contributed by atoms with Crippen molar-refractivity contribution < 1.29 is 14.6 Å². The van der Waals surface area contributed by atoms with Crippen LogP contribution in [0.2, 0.25) is 0 Å². The number of carbonyl (C=O) groups is 1. The number of aliphatic hydroxyl groups excluding tert-OH is 1. The predicted octanol–water partition coefficient (Wildman–Crippen LogP) is 1.68. The van der Waals surface area contributed by atoms with Gasteiger partial charge in [0.05, 0.1) is 6.10 Å². The molecule has 0 radical (unpaired) electrons. The van der Waals surface area contributed by atoms with Crippen LogP contribution in [-0.4, -0.2) is 47.1 Å². The lowest BCUT2D eigenvalue weighted by Crippen LogP contribution is -2.66. The molecule has 2 bridgehead atoms. The maximum absolute atomic E-state index is 12.7. The number of hydrogen-bond donors (Lipinski definition) is 1. The van der Waals surface area contributed by atoms with Crippen LogP contribution < -0.4 is 4.74 Å². The lowest BCUT2D eigenvalue weighted by molar-refractivity contribution is -0.138. The second-order valence-electron chi connectivity index (χ2n) is 8.52. The number of aliphatic hydroxyl groups is 1. The van der Waals surface area contributed by atoms with Gasteiger partial charge in [-0.15, -0.1) is 0 Å². The Hall–Kier alpha value is -1.39. The van der Waals surface area contributed by atoms with E-state index < -0.39 is 0 Å². The van der Waals surface area contributed by atoms with Gasteiger partial charge in [-0.05, 0) is 49.8 Å². The van der Waals surface area contributed by atoms with Crippen LogP contribution >= 0.6 is 0 Å². The van der Waals surface area contributed by atoms with Crippen molar-refractivity contribution >= 4 is 5.78 Å². The molecule has 1 aromatic rings. The fourth-order valence-electron chi connectivity index (χ4n) is 6.33. The summed E-state index contributed by atoms with van der Waals surface area (Å²) >= 11 is 0. The van der Waals surface area contributed by atoms with Gasteiger partial charge in [0, 0.05) is 35.9 Å². The fraction of sp³-hybridized carbons (Fsp3) is 0.650. The van der Waals surface area contributed by atoms with Crippen molar-refractivity contribution in [3.63, 3.8) is 0 Å². The molecular weight excluding hydrogens is 302 g/mol. The molecule has 4 nitrogen and oxygen atoms in total. The average molecular weight is 325 g/mol. The smallest absolute Gasteiger partial charge is 0.174 e. The Balaban J connectivity index is 1.47. The maximum atomic E-state index is 12.7. The van der Waals surface area contributed by atoms with Crippen molar-refractivity contribution in [3.8, 4) is 5.75 Å². The fourth-order valence-corrected chi connectivity index (χ4v) is 6.33. The van der Waals surface area contributed by atoms with E-state index in [0.717, 1.165) is 44.5 Å². The highest BCUT2D eigenvalue weighted by molar-refractivity contribution is 5.88. The number of benzene rings is 1. The van der Waals surface area contributed by atoms with Gasteiger partial charge in [-0.1, -0.05) is 12.1 Å². The van der Waals surface area contributed by atoms with E-state index in [1.807, 2.05) is 0 Å². The summed E-state index contributed by atoms with van der Waals surface area (Å²) < 4.78 is 6.23. The number of Topliss-reactive ketones (excluding diaryl/α,β-unsaturated/α-hetero) is 1. The van der Waals surface area contributed by atoms with E-state index >= 15 is 0 Å². The van der Waals surface area contributed by atoms with Crippen molar-refractivity contribution in [2.75, 3.05) is 13.1 Å². The third kappa shape index (κ3) is 1.55. The molecule has 5 aliphatic rings. The zero-order valence-corrected chi connectivity index (χ0v) is 13.8. The number of ketones is 1. The summed E-state index contributed by atoms with van der Waals surface area (Å²) in [6.45, 7) is 2.05. The third-order valence-electron chi connectivity index (χ3n) is 7.48. The van der Waals surface area contributed by atoms with Crippen molar-refractivity contribution in [2.24, 2.45) is 11.8 Å². The van der Waals surface area contributed by atoms with E-state index in [1.54, 1.807) is 0 Å². The van der Waals surface area contributed by atoms with Gasteiger partial charge in [-0.25, -0.2) is 0 Å². The molecule has 1 N–H and O–H groups in total. The highest BCUT2D eigenvalue weighted by atomic mass is 16.5. The van der Waals surface area contributed by atoms with E-state index in [4.69, 9.17) is 4.74 Å². The molecule has 4 heteroatoms. The van der Waals surface area contributed by atoms with E-state index in [0.29, 0.717) is 30.1 Å². The average Bonchev–Trinajstić information content (AvgIpc) is 3.15. The number of nitrogens with zero attached hydrogens (tertiary/aromatic N) is 1. The zero-order chi connectivity index (χ0) is 16.1. The molecule has 1 spiro atoms. The van der Waals surface area contributed by atoms with Gasteiger partial charge in [0.15, 0.2) is 11.9 Å². The maximum Gasteiger partial charge on any atom is 0.174 e. The van der Waals surface area contributed by atoms with Crippen LogP contribution in [0.4, 0.5) is 0 Å². The van der Waals surface area contributed by atoms with Gasteiger partial charge in [-0.2, -0.15) is 0 Å². The third-order valence-corrected chi connectivity index (χ3v) is 7.48. The van der Waals surface area contributed by atoms with Crippen molar-refractivity contribution in [3.05, 3.63) is 29.3 Å². The van der Waals surface area contributed by atoms with Crippen LogP contribution in [0, 0.1) is 11.8 Å². The molecule has 3 aliphatic carbocycles. The number of ether oxygens (including phenoxy) is 1. The second kappa shape index (κ2) is 4.41. The molecule has 1 aromatic carbocycles. The number of carbonyl (C=O) groups excluding carboxylic acids is 1. The van der Waals surface area contributed by atoms with E-state index in [9.17, 15) is 9.90 Å². The van der Waals surface area contributed by atoms with Gasteiger partial charge >= 0.3 is 0 Å². The minimum atomic E-state index is -0.246. The first-order chi connectivity index (χ1) is 11.7. The van der Waals surface area contributed by atoms with E-state index in [1.165, 1.54) is 11.1 Å². The van der Waals surface area contributed by atoms with Crippen molar-refractivity contribution in [1.29, 1.82) is 0 Å². The largest absolute Gasteiger partial charge is 0.481 e. The Bertz CT molecular complexity index is 746. The summed E-state index contributed by atoms with van der Waals surface area (Å²) in [5, 5.41) is 9.76. The highest BCUT2D eigenvalue weighted by Crippen LogP contribution is 2.61. The van der Waals surface area contributed by atoms with Crippen molar-refractivity contribution in [1.82, 2.24) is 4.90 Å². The van der Waals surface area contributed by atoms with Crippen LogP contribution in [-0.2, 0) is 16.6 Å². The molecule has 24 heavy (non-hydrogen) atoms. The lowest BCUT2D eigenvalue weighted by Gasteiger charge is -2.57. The first-order valence-electron chi connectivity index (χ1n) is 9.42. The summed E-state index contributed by atoms with van der Waals surface area (Å²) in [7, 11) is 0. The lowest BCUT2D eigenvalue weighted by atomic mass is 9.51. The standard InChI is InChI=1S/C20H23NO3/c22-15-5-4-13-14-8-11-2-1-3-17-18(11)20(13,19(15)24-17)6-7-21(14)10-12-9-16(12)23/h1-3,12-14,16,19,23H,4-10H2/t12?,13-,14+,16?,19-,20-/m0/s1. The van der Waals surface area contributed by atoms with Crippen LogP contribution in [0.25, 0.3) is 0 Å². The predicted molar refractivity (Wildman–Crippen MR) is 88.1 cm³/mol. The Morgan fingerprint density at radius 2 is 2.25 bits per heavy atom. The highest BCUT2D eigenvalue weighted by Gasteiger charge is 2.65. The summed E-state index contributed by atoms with van der Waals surface area (Å²) in [5.74, 6) is 2.27.